The van der Waals surface area contributed by atoms with Gasteiger partial charge < -0.3 is 5.73 Å². The van der Waals surface area contributed by atoms with Crippen molar-refractivity contribution in [3.63, 3.8) is 0 Å². The maximum atomic E-state index is 9.64. The molecule has 0 saturated carbocycles. The average molecular weight is 102 g/mol. The summed E-state index contributed by atoms with van der Waals surface area (Å²) in [5, 5.41) is 2.75. The number of hydrogen-bond donors (Lipinski definition) is 1. The molecule has 0 aromatic heterocycles. The van der Waals surface area contributed by atoms with Gasteiger partial charge in [0.1, 0.15) is 6.04 Å². The highest BCUT2D eigenvalue weighted by Crippen LogP contribution is 1.90. The molecule has 2 N–H and O–H groups in total. The standard InChI is InChI=1S/C4H10N2O/c1-2-4(3-5)6-7/h4H,2-3,5H2,1H3/t4-/m0/s1. The number of nitrogens with two attached hydrogens (primary N) is 1. The first-order chi connectivity index (χ1) is 3.35. The minimum absolute atomic E-state index is 0.167. The summed E-state index contributed by atoms with van der Waals surface area (Å²) in [7, 11) is 0. The van der Waals surface area contributed by atoms with E-state index in [0.717, 1.165) is 6.42 Å². The Kier molecular flexibility index (Phi) is 3.50. The lowest BCUT2D eigenvalue weighted by atomic mass is 10.2. The minimum Gasteiger partial charge on any atom is -0.328 e. The van der Waals surface area contributed by atoms with Gasteiger partial charge in [-0.15, -0.1) is 0 Å². The zero-order chi connectivity index (χ0) is 5.70. The largest absolute Gasteiger partial charge is 0.328 e. The molecule has 3 nitrogen and oxygen atoms in total. The lowest BCUT2D eigenvalue weighted by Crippen LogP contribution is -2.15. The predicted molar refractivity (Wildman–Crippen MR) is 28.9 cm³/mol. The Labute approximate surface area is 42.9 Å². The van der Waals surface area contributed by atoms with Gasteiger partial charge in [-0.3, -0.25) is 0 Å². The Morgan fingerprint density at radius 1 is 1.86 bits per heavy atom. The first-order valence-electron chi connectivity index (χ1n) is 2.37. The van der Waals surface area contributed by atoms with Crippen molar-refractivity contribution in [1.29, 1.82) is 0 Å². The molecule has 0 bridgehead atoms. The molecule has 0 spiro atoms. The molecule has 0 aliphatic rings. The lowest BCUT2D eigenvalue weighted by Gasteiger charge is -1.96. The van der Waals surface area contributed by atoms with Crippen LogP contribution in [0.1, 0.15) is 13.3 Å². The monoisotopic (exact) mass is 102 g/mol. The molecule has 0 heterocycles. The van der Waals surface area contributed by atoms with Gasteiger partial charge in [0.05, 0.1) is 0 Å². The van der Waals surface area contributed by atoms with Crippen LogP contribution in [0.15, 0.2) is 5.18 Å². The van der Waals surface area contributed by atoms with Crippen molar-refractivity contribution < 1.29 is 0 Å². The summed E-state index contributed by atoms with van der Waals surface area (Å²) < 4.78 is 0. The van der Waals surface area contributed by atoms with Gasteiger partial charge in [-0.2, -0.15) is 4.91 Å². The fourth-order valence-corrected chi connectivity index (χ4v) is 0.284. The van der Waals surface area contributed by atoms with Crippen LogP contribution < -0.4 is 5.73 Å². The highest BCUT2D eigenvalue weighted by atomic mass is 16.3. The van der Waals surface area contributed by atoms with Crippen LogP contribution in [0.25, 0.3) is 0 Å². The quantitative estimate of drug-likeness (QED) is 0.527. The Balaban J connectivity index is 3.16. The third-order valence-electron chi connectivity index (χ3n) is 0.892. The van der Waals surface area contributed by atoms with Crippen LogP contribution in [-0.2, 0) is 0 Å². The molecule has 3 heteroatoms. The molecule has 0 aromatic rings. The van der Waals surface area contributed by atoms with Crippen LogP contribution in [0.4, 0.5) is 0 Å². The second-order valence-corrected chi connectivity index (χ2v) is 1.40. The maximum absolute atomic E-state index is 9.64. The molecule has 0 saturated heterocycles. The second kappa shape index (κ2) is 3.74. The van der Waals surface area contributed by atoms with Crippen molar-refractivity contribution in [2.45, 2.75) is 19.4 Å². The summed E-state index contributed by atoms with van der Waals surface area (Å²) >= 11 is 0. The van der Waals surface area contributed by atoms with Gasteiger partial charge in [-0.25, -0.2) is 0 Å². The van der Waals surface area contributed by atoms with Crippen molar-refractivity contribution in [2.75, 3.05) is 6.54 Å². The molecular weight excluding hydrogens is 92.1 g/mol. The number of nitroso groups, excluding NO2 is 1. The second-order valence-electron chi connectivity index (χ2n) is 1.40. The first-order valence-corrected chi connectivity index (χ1v) is 2.37. The van der Waals surface area contributed by atoms with Gasteiger partial charge in [0.15, 0.2) is 0 Å². The van der Waals surface area contributed by atoms with E-state index in [9.17, 15) is 4.91 Å². The third-order valence-corrected chi connectivity index (χ3v) is 0.892. The Morgan fingerprint density at radius 2 is 2.43 bits per heavy atom. The topological polar surface area (TPSA) is 55.4 Å². The summed E-state index contributed by atoms with van der Waals surface area (Å²) in [5.74, 6) is 0. The molecule has 0 aliphatic heterocycles. The smallest absolute Gasteiger partial charge is 0.104 e. The highest BCUT2D eigenvalue weighted by molar-refractivity contribution is 4.61. The van der Waals surface area contributed by atoms with Crippen LogP contribution in [-0.4, -0.2) is 12.6 Å². The number of rotatable bonds is 3. The molecule has 0 radical (unpaired) electrons. The average Bonchev–Trinajstić information content (AvgIpc) is 1.72. The van der Waals surface area contributed by atoms with Crippen LogP contribution in [0.2, 0.25) is 0 Å². The highest BCUT2D eigenvalue weighted by Gasteiger charge is 1.98. The number of nitrogens with zero attached hydrogens (tertiary/aromatic N) is 1. The molecular formula is C4H10N2O. The summed E-state index contributed by atoms with van der Waals surface area (Å²) in [6.07, 6.45) is 0.750. The van der Waals surface area contributed by atoms with Crippen LogP contribution >= 0.6 is 0 Å². The summed E-state index contributed by atoms with van der Waals surface area (Å²) in [5.41, 5.74) is 5.10. The van der Waals surface area contributed by atoms with Gasteiger partial charge in [0, 0.05) is 6.54 Å². The molecule has 0 amide bonds. The van der Waals surface area contributed by atoms with E-state index in [1.165, 1.54) is 0 Å². The van der Waals surface area contributed by atoms with E-state index in [1.807, 2.05) is 6.92 Å². The minimum atomic E-state index is -0.167. The molecule has 1 atom stereocenters. The zero-order valence-corrected chi connectivity index (χ0v) is 4.42. The SMILES string of the molecule is CC[C@@H](CN)N=O. The van der Waals surface area contributed by atoms with Gasteiger partial charge in [0.25, 0.3) is 0 Å². The van der Waals surface area contributed by atoms with E-state index in [-0.39, 0.29) is 6.04 Å². The van der Waals surface area contributed by atoms with Crippen LogP contribution in [0, 0.1) is 4.91 Å². The Morgan fingerprint density at radius 3 is 2.43 bits per heavy atom. The molecule has 0 aliphatic carbocycles. The molecule has 7 heavy (non-hydrogen) atoms. The van der Waals surface area contributed by atoms with Gasteiger partial charge in [0.2, 0.25) is 0 Å². The van der Waals surface area contributed by atoms with E-state index in [4.69, 9.17) is 5.73 Å². The Bertz CT molecular complexity index is 51.7. The lowest BCUT2D eigenvalue weighted by molar-refractivity contribution is 0.657. The van der Waals surface area contributed by atoms with Gasteiger partial charge >= 0.3 is 0 Å². The third kappa shape index (κ3) is 2.28. The molecule has 42 valence electrons. The van der Waals surface area contributed by atoms with Crippen LogP contribution in [0.3, 0.4) is 0 Å². The van der Waals surface area contributed by atoms with E-state index in [1.54, 1.807) is 0 Å². The molecule has 0 fully saturated rings. The molecule has 0 aromatic carbocycles. The zero-order valence-electron chi connectivity index (χ0n) is 4.42. The van der Waals surface area contributed by atoms with Gasteiger partial charge in [-0.1, -0.05) is 12.1 Å². The first kappa shape index (κ1) is 6.56. The van der Waals surface area contributed by atoms with Gasteiger partial charge in [-0.05, 0) is 6.42 Å². The van der Waals surface area contributed by atoms with E-state index < -0.39 is 0 Å². The van der Waals surface area contributed by atoms with Crippen molar-refractivity contribution in [2.24, 2.45) is 10.9 Å². The summed E-state index contributed by atoms with van der Waals surface area (Å²) in [6.45, 7) is 2.26. The Hall–Kier alpha value is -0.440. The van der Waals surface area contributed by atoms with Crippen molar-refractivity contribution in [1.82, 2.24) is 0 Å². The predicted octanol–water partition coefficient (Wildman–Crippen LogP) is 0.490. The summed E-state index contributed by atoms with van der Waals surface area (Å²) in [6, 6.07) is -0.167. The summed E-state index contributed by atoms with van der Waals surface area (Å²) in [4.78, 5) is 9.64. The number of hydrogen-bond acceptors (Lipinski definition) is 3. The normalized spacial score (nSPS) is 13.4. The van der Waals surface area contributed by atoms with Crippen molar-refractivity contribution in [3.05, 3.63) is 4.91 Å². The maximum Gasteiger partial charge on any atom is 0.104 e. The van der Waals surface area contributed by atoms with E-state index in [2.05, 4.69) is 5.18 Å². The fraction of sp³-hybridized carbons (Fsp3) is 1.00. The fourth-order valence-electron chi connectivity index (χ4n) is 0.284. The molecule has 0 unspecified atom stereocenters. The van der Waals surface area contributed by atoms with Crippen molar-refractivity contribution in [3.8, 4) is 0 Å². The van der Waals surface area contributed by atoms with E-state index in [0.29, 0.717) is 6.54 Å². The van der Waals surface area contributed by atoms with Crippen LogP contribution in [0.5, 0.6) is 0 Å². The van der Waals surface area contributed by atoms with E-state index >= 15 is 0 Å². The van der Waals surface area contributed by atoms with Crippen molar-refractivity contribution >= 4 is 0 Å². The molecule has 0 rings (SSSR count).